The number of amides is 1. The van der Waals surface area contributed by atoms with Crippen LogP contribution in [0.5, 0.6) is 0 Å². The molecule has 0 spiro atoms. The number of nitrogens with one attached hydrogen (secondary N) is 1. The molecular formula is C16H19N5O2. The minimum Gasteiger partial charge on any atom is -0.350 e. The van der Waals surface area contributed by atoms with Crippen LogP contribution in [0.15, 0.2) is 35.2 Å². The van der Waals surface area contributed by atoms with E-state index in [0.29, 0.717) is 17.6 Å². The van der Waals surface area contributed by atoms with Crippen molar-refractivity contribution in [3.8, 4) is 0 Å². The van der Waals surface area contributed by atoms with E-state index in [9.17, 15) is 4.79 Å². The first-order valence-electron chi connectivity index (χ1n) is 7.58. The average Bonchev–Trinajstić information content (AvgIpc) is 3.19. The third kappa shape index (κ3) is 3.08. The van der Waals surface area contributed by atoms with Crippen molar-refractivity contribution < 1.29 is 9.42 Å². The Hall–Kier alpha value is -2.70. The van der Waals surface area contributed by atoms with Crippen molar-refractivity contribution in [3.63, 3.8) is 0 Å². The summed E-state index contributed by atoms with van der Waals surface area (Å²) in [4.78, 5) is 16.7. The normalized spacial score (nSPS) is 12.7. The molecule has 120 valence electrons. The molecule has 3 aromatic rings. The van der Waals surface area contributed by atoms with Gasteiger partial charge in [-0.3, -0.25) is 4.79 Å². The fraction of sp³-hybridized carbons (Fsp3) is 0.375. The van der Waals surface area contributed by atoms with E-state index >= 15 is 0 Å². The summed E-state index contributed by atoms with van der Waals surface area (Å²) in [5.74, 6) is 1.12. The number of hydrogen-bond donors (Lipinski definition) is 1. The largest absolute Gasteiger partial charge is 0.350 e. The third-order valence-corrected chi connectivity index (χ3v) is 3.80. The maximum atomic E-state index is 12.4. The molecule has 0 saturated heterocycles. The molecule has 23 heavy (non-hydrogen) atoms. The van der Waals surface area contributed by atoms with Crippen molar-refractivity contribution in [2.75, 3.05) is 0 Å². The van der Waals surface area contributed by atoms with Gasteiger partial charge in [-0.2, -0.15) is 0 Å². The van der Waals surface area contributed by atoms with Crippen LogP contribution in [0.4, 0.5) is 0 Å². The Morgan fingerprint density at radius 2 is 2.04 bits per heavy atom. The lowest BCUT2D eigenvalue weighted by molar-refractivity contribution is -0.124. The predicted octanol–water partition coefficient (Wildman–Crippen LogP) is 2.42. The molecule has 1 atom stereocenters. The number of rotatable bonds is 5. The van der Waals surface area contributed by atoms with Gasteiger partial charge in [0.2, 0.25) is 5.91 Å². The predicted molar refractivity (Wildman–Crippen MR) is 84.7 cm³/mol. The van der Waals surface area contributed by atoms with E-state index in [2.05, 4.69) is 39.1 Å². The van der Waals surface area contributed by atoms with E-state index in [4.69, 9.17) is 0 Å². The summed E-state index contributed by atoms with van der Waals surface area (Å²) in [6.45, 7) is 6.42. The van der Waals surface area contributed by atoms with Gasteiger partial charge in [0.25, 0.3) is 0 Å². The molecule has 0 aliphatic rings. The first-order chi connectivity index (χ1) is 11.1. The molecule has 7 nitrogen and oxygen atoms in total. The number of carbonyl (C=O) groups is 1. The first-order valence-corrected chi connectivity index (χ1v) is 7.58. The molecule has 1 amide bonds. The Labute approximate surface area is 133 Å². The van der Waals surface area contributed by atoms with E-state index in [-0.39, 0.29) is 17.9 Å². The van der Waals surface area contributed by atoms with E-state index < -0.39 is 0 Å². The molecule has 0 radical (unpaired) electrons. The molecule has 2 heterocycles. The monoisotopic (exact) mass is 313 g/mol. The second kappa shape index (κ2) is 6.20. The lowest BCUT2D eigenvalue weighted by Crippen LogP contribution is -2.31. The SMILES string of the molecule is CC(C)c1nccn1C(C)C(=O)NCc1ccc2nonc2c1. The topological polar surface area (TPSA) is 85.8 Å². The molecule has 0 fully saturated rings. The summed E-state index contributed by atoms with van der Waals surface area (Å²) >= 11 is 0. The highest BCUT2D eigenvalue weighted by Gasteiger charge is 2.18. The summed E-state index contributed by atoms with van der Waals surface area (Å²) in [5, 5.41) is 10.5. The van der Waals surface area contributed by atoms with Gasteiger partial charge >= 0.3 is 0 Å². The van der Waals surface area contributed by atoms with Gasteiger partial charge in [0, 0.05) is 24.9 Å². The summed E-state index contributed by atoms with van der Waals surface area (Å²) < 4.78 is 6.58. The third-order valence-electron chi connectivity index (χ3n) is 3.80. The van der Waals surface area contributed by atoms with E-state index in [1.807, 2.05) is 35.9 Å². The lowest BCUT2D eigenvalue weighted by Gasteiger charge is -2.17. The van der Waals surface area contributed by atoms with Crippen molar-refractivity contribution in [1.82, 2.24) is 25.2 Å². The fourth-order valence-corrected chi connectivity index (χ4v) is 2.50. The number of benzene rings is 1. The molecule has 2 aromatic heterocycles. The maximum Gasteiger partial charge on any atom is 0.243 e. The molecule has 1 aromatic carbocycles. The zero-order valence-corrected chi connectivity index (χ0v) is 13.4. The van der Waals surface area contributed by atoms with Crippen molar-refractivity contribution >= 4 is 16.9 Å². The second-order valence-corrected chi connectivity index (χ2v) is 5.83. The van der Waals surface area contributed by atoms with Crippen LogP contribution in [-0.4, -0.2) is 25.8 Å². The minimum atomic E-state index is -0.313. The van der Waals surface area contributed by atoms with Gasteiger partial charge in [-0.1, -0.05) is 19.9 Å². The van der Waals surface area contributed by atoms with E-state index in [0.717, 1.165) is 11.4 Å². The Kier molecular flexibility index (Phi) is 4.10. The van der Waals surface area contributed by atoms with Crippen LogP contribution >= 0.6 is 0 Å². The molecular weight excluding hydrogens is 294 g/mol. The standard InChI is InChI=1S/C16H19N5O2/c1-10(2)15-17-6-7-21(15)11(3)16(22)18-9-12-4-5-13-14(8-12)20-23-19-13/h4-8,10-11H,9H2,1-3H3,(H,18,22). The average molecular weight is 313 g/mol. The molecule has 7 heteroatoms. The highest BCUT2D eigenvalue weighted by atomic mass is 16.6. The summed E-state index contributed by atoms with van der Waals surface area (Å²) in [6.07, 6.45) is 3.57. The smallest absolute Gasteiger partial charge is 0.243 e. The first kappa shape index (κ1) is 15.2. The Morgan fingerprint density at radius 1 is 1.26 bits per heavy atom. The van der Waals surface area contributed by atoms with Crippen molar-refractivity contribution in [3.05, 3.63) is 42.0 Å². The number of imidazole rings is 1. The van der Waals surface area contributed by atoms with E-state index in [1.54, 1.807) is 6.20 Å². The Morgan fingerprint density at radius 3 is 2.83 bits per heavy atom. The van der Waals surface area contributed by atoms with Gasteiger partial charge in [0.05, 0.1) is 0 Å². The zero-order valence-electron chi connectivity index (χ0n) is 13.4. The molecule has 1 unspecified atom stereocenters. The molecule has 0 aliphatic heterocycles. The lowest BCUT2D eigenvalue weighted by atomic mass is 10.1. The molecule has 3 rings (SSSR count). The molecule has 0 aliphatic carbocycles. The van der Waals surface area contributed by atoms with E-state index in [1.165, 1.54) is 0 Å². The van der Waals surface area contributed by atoms with Gasteiger partial charge in [0.1, 0.15) is 22.9 Å². The number of hydrogen-bond acceptors (Lipinski definition) is 5. The number of nitrogens with zero attached hydrogens (tertiary/aromatic N) is 4. The maximum absolute atomic E-state index is 12.4. The van der Waals surface area contributed by atoms with Crippen molar-refractivity contribution in [2.24, 2.45) is 0 Å². The second-order valence-electron chi connectivity index (χ2n) is 5.83. The molecule has 1 N–H and O–H groups in total. The molecule has 0 bridgehead atoms. The van der Waals surface area contributed by atoms with Crippen LogP contribution in [0, 0.1) is 0 Å². The Bertz CT molecular complexity index is 821. The summed E-state index contributed by atoms with van der Waals surface area (Å²) in [6, 6.07) is 5.26. The van der Waals surface area contributed by atoms with Crippen LogP contribution in [0.25, 0.3) is 11.0 Å². The van der Waals surface area contributed by atoms with Crippen molar-refractivity contribution in [2.45, 2.75) is 39.3 Å². The number of carbonyl (C=O) groups excluding carboxylic acids is 1. The number of fused-ring (bicyclic) bond motifs is 1. The van der Waals surface area contributed by atoms with Crippen LogP contribution in [0.3, 0.4) is 0 Å². The van der Waals surface area contributed by atoms with Gasteiger partial charge in [-0.15, -0.1) is 0 Å². The highest BCUT2D eigenvalue weighted by Crippen LogP contribution is 2.17. The summed E-state index contributed by atoms with van der Waals surface area (Å²) in [5.41, 5.74) is 2.33. The zero-order chi connectivity index (χ0) is 16.4. The van der Waals surface area contributed by atoms with Gasteiger partial charge in [-0.25, -0.2) is 9.61 Å². The molecule has 0 saturated carbocycles. The number of aromatic nitrogens is 4. The Balaban J connectivity index is 1.67. The summed E-state index contributed by atoms with van der Waals surface area (Å²) in [7, 11) is 0. The minimum absolute atomic E-state index is 0.0525. The fourth-order valence-electron chi connectivity index (χ4n) is 2.50. The van der Waals surface area contributed by atoms with Gasteiger partial charge < -0.3 is 9.88 Å². The van der Waals surface area contributed by atoms with Gasteiger partial charge in [0.15, 0.2) is 0 Å². The van der Waals surface area contributed by atoms with Crippen LogP contribution in [-0.2, 0) is 11.3 Å². The van der Waals surface area contributed by atoms with Crippen LogP contribution < -0.4 is 5.32 Å². The quantitative estimate of drug-likeness (QED) is 0.782. The van der Waals surface area contributed by atoms with Crippen molar-refractivity contribution in [1.29, 1.82) is 0 Å². The van der Waals surface area contributed by atoms with Gasteiger partial charge in [-0.05, 0) is 34.9 Å². The van der Waals surface area contributed by atoms with Crippen LogP contribution in [0.1, 0.15) is 44.1 Å². The van der Waals surface area contributed by atoms with Crippen LogP contribution in [0.2, 0.25) is 0 Å². The highest BCUT2D eigenvalue weighted by molar-refractivity contribution is 5.80.